The predicted octanol–water partition coefficient (Wildman–Crippen LogP) is 2.72. The fourth-order valence-electron chi connectivity index (χ4n) is 3.85. The minimum atomic E-state index is 0.508. The number of hydrogen-bond donors (Lipinski definition) is 2. The van der Waals surface area contributed by atoms with E-state index in [2.05, 4.69) is 63.7 Å². The lowest BCUT2D eigenvalue weighted by Gasteiger charge is -2.35. The zero-order valence-corrected chi connectivity index (χ0v) is 17.4. The molecule has 1 aliphatic rings. The normalized spacial score (nSPS) is 19.4. The van der Waals surface area contributed by atoms with Crippen LogP contribution in [0.3, 0.4) is 0 Å². The molecule has 2 N–H and O–H groups in total. The molecule has 0 radical (unpaired) electrons. The summed E-state index contributed by atoms with van der Waals surface area (Å²) in [5, 5.41) is 11.3. The minimum Gasteiger partial charge on any atom is -0.355 e. The third kappa shape index (κ3) is 5.83. The molecule has 1 aromatic carbocycles. The number of piperidine rings is 1. The Hall–Kier alpha value is -2.34. The second kappa shape index (κ2) is 10.3. The zero-order valence-electron chi connectivity index (χ0n) is 17.4. The van der Waals surface area contributed by atoms with Crippen molar-refractivity contribution in [3.05, 3.63) is 53.9 Å². The molecule has 0 saturated carbocycles. The fourth-order valence-corrected chi connectivity index (χ4v) is 3.85. The van der Waals surface area contributed by atoms with Crippen molar-refractivity contribution in [1.82, 2.24) is 25.3 Å². The lowest BCUT2D eigenvalue weighted by molar-refractivity contribution is 0.139. The molecule has 152 valence electrons. The van der Waals surface area contributed by atoms with Crippen molar-refractivity contribution in [2.45, 2.75) is 45.8 Å². The lowest BCUT2D eigenvalue weighted by atomic mass is 9.99. The molecule has 0 spiro atoms. The van der Waals surface area contributed by atoms with Crippen LogP contribution in [-0.4, -0.2) is 53.4 Å². The van der Waals surface area contributed by atoms with Gasteiger partial charge < -0.3 is 10.6 Å². The van der Waals surface area contributed by atoms with Crippen molar-refractivity contribution in [3.8, 4) is 0 Å². The average molecular weight is 383 g/mol. The summed E-state index contributed by atoms with van der Waals surface area (Å²) in [4.78, 5) is 6.99. The van der Waals surface area contributed by atoms with E-state index in [1.807, 2.05) is 30.2 Å². The van der Waals surface area contributed by atoms with Gasteiger partial charge in [-0.05, 0) is 49.4 Å². The molecule has 2 unspecified atom stereocenters. The van der Waals surface area contributed by atoms with E-state index in [0.717, 1.165) is 31.5 Å². The number of guanidine groups is 1. The monoisotopic (exact) mass is 382 g/mol. The van der Waals surface area contributed by atoms with Gasteiger partial charge in [-0.2, -0.15) is 5.10 Å². The Labute approximate surface area is 169 Å². The van der Waals surface area contributed by atoms with Crippen molar-refractivity contribution >= 4 is 5.96 Å². The first-order valence-electron chi connectivity index (χ1n) is 10.4. The average Bonchev–Trinajstić information content (AvgIpc) is 3.22. The second-order valence-corrected chi connectivity index (χ2v) is 7.87. The maximum absolute atomic E-state index is 4.40. The summed E-state index contributed by atoms with van der Waals surface area (Å²) in [6.45, 7) is 9.50. The molecule has 1 aliphatic heterocycles. The van der Waals surface area contributed by atoms with Crippen LogP contribution in [0.4, 0.5) is 0 Å². The van der Waals surface area contributed by atoms with Crippen molar-refractivity contribution < 1.29 is 0 Å². The van der Waals surface area contributed by atoms with Crippen molar-refractivity contribution in [2.24, 2.45) is 10.9 Å². The Bertz CT molecular complexity index is 739. The van der Waals surface area contributed by atoms with Gasteiger partial charge in [-0.1, -0.05) is 31.2 Å². The van der Waals surface area contributed by atoms with E-state index in [-0.39, 0.29) is 0 Å². The number of hydrogen-bond acceptors (Lipinski definition) is 3. The molecule has 28 heavy (non-hydrogen) atoms. The first-order chi connectivity index (χ1) is 13.7. The third-order valence-electron chi connectivity index (χ3n) is 5.56. The molecule has 0 aliphatic carbocycles. The van der Waals surface area contributed by atoms with Gasteiger partial charge in [0.15, 0.2) is 5.96 Å². The molecule has 0 bridgehead atoms. The number of benzene rings is 1. The van der Waals surface area contributed by atoms with Crippen LogP contribution in [0.15, 0.2) is 47.7 Å². The summed E-state index contributed by atoms with van der Waals surface area (Å²) in [6, 6.07) is 11.0. The van der Waals surface area contributed by atoms with Gasteiger partial charge in [-0.15, -0.1) is 0 Å². The molecule has 2 atom stereocenters. The van der Waals surface area contributed by atoms with E-state index in [1.165, 1.54) is 37.1 Å². The van der Waals surface area contributed by atoms with Gasteiger partial charge in [0.25, 0.3) is 0 Å². The molecule has 1 fully saturated rings. The molecule has 6 nitrogen and oxygen atoms in total. The number of aromatic nitrogens is 2. The Morgan fingerprint density at radius 2 is 2.07 bits per heavy atom. The van der Waals surface area contributed by atoms with Crippen LogP contribution in [-0.2, 0) is 13.1 Å². The zero-order chi connectivity index (χ0) is 19.8. The molecule has 2 aromatic rings. The number of rotatable bonds is 7. The Kier molecular flexibility index (Phi) is 7.48. The van der Waals surface area contributed by atoms with E-state index in [9.17, 15) is 0 Å². The topological polar surface area (TPSA) is 57.5 Å². The van der Waals surface area contributed by atoms with Crippen LogP contribution in [0.5, 0.6) is 0 Å². The lowest BCUT2D eigenvalue weighted by Crippen LogP contribution is -2.48. The number of nitrogens with one attached hydrogen (secondary N) is 2. The fraction of sp³-hybridized carbons (Fsp3) is 0.545. The number of likely N-dealkylation sites (tertiary alicyclic amines) is 1. The second-order valence-electron chi connectivity index (χ2n) is 7.87. The van der Waals surface area contributed by atoms with Crippen LogP contribution in [0.25, 0.3) is 0 Å². The van der Waals surface area contributed by atoms with Gasteiger partial charge >= 0.3 is 0 Å². The number of nitrogens with zero attached hydrogens (tertiary/aromatic N) is 4. The summed E-state index contributed by atoms with van der Waals surface area (Å²) >= 11 is 0. The van der Waals surface area contributed by atoms with Gasteiger partial charge in [-0.25, -0.2) is 0 Å². The van der Waals surface area contributed by atoms with Crippen LogP contribution in [0.1, 0.15) is 37.8 Å². The number of aliphatic imine (C=N–C) groups is 1. The van der Waals surface area contributed by atoms with Crippen LogP contribution < -0.4 is 10.6 Å². The van der Waals surface area contributed by atoms with E-state index in [4.69, 9.17) is 0 Å². The standard InChI is InChI=1S/C22H34N6/c1-18-8-6-12-27(16-18)19(2)14-24-22(23-3)25-15-20-9-4-5-10-21(20)17-28-13-7-11-26-28/h4-5,7,9-11,13,18-19H,6,8,12,14-17H2,1-3H3,(H2,23,24,25). The summed E-state index contributed by atoms with van der Waals surface area (Å²) in [5.74, 6) is 1.66. The van der Waals surface area contributed by atoms with E-state index in [1.54, 1.807) is 0 Å². The molecular formula is C22H34N6. The first kappa shape index (κ1) is 20.4. The highest BCUT2D eigenvalue weighted by Gasteiger charge is 2.20. The van der Waals surface area contributed by atoms with Gasteiger partial charge in [0, 0.05) is 45.1 Å². The quantitative estimate of drug-likeness (QED) is 0.571. The molecule has 1 aromatic heterocycles. The van der Waals surface area contributed by atoms with Crippen molar-refractivity contribution in [3.63, 3.8) is 0 Å². The smallest absolute Gasteiger partial charge is 0.191 e. The van der Waals surface area contributed by atoms with Crippen LogP contribution in [0, 0.1) is 5.92 Å². The predicted molar refractivity (Wildman–Crippen MR) is 115 cm³/mol. The molecule has 2 heterocycles. The summed E-state index contributed by atoms with van der Waals surface area (Å²) in [7, 11) is 1.83. The summed E-state index contributed by atoms with van der Waals surface area (Å²) < 4.78 is 1.95. The highest BCUT2D eigenvalue weighted by molar-refractivity contribution is 5.79. The Morgan fingerprint density at radius 3 is 2.79 bits per heavy atom. The van der Waals surface area contributed by atoms with Crippen molar-refractivity contribution in [1.29, 1.82) is 0 Å². The summed E-state index contributed by atoms with van der Waals surface area (Å²) in [6.07, 6.45) is 6.48. The SMILES string of the molecule is CN=C(NCc1ccccc1Cn1cccn1)NCC(C)N1CCCC(C)C1. The van der Waals surface area contributed by atoms with Gasteiger partial charge in [0.05, 0.1) is 6.54 Å². The molecule has 1 saturated heterocycles. The van der Waals surface area contributed by atoms with Crippen molar-refractivity contribution in [2.75, 3.05) is 26.7 Å². The van der Waals surface area contributed by atoms with Gasteiger partial charge in [0.1, 0.15) is 0 Å². The maximum Gasteiger partial charge on any atom is 0.191 e. The van der Waals surface area contributed by atoms with E-state index in [0.29, 0.717) is 6.04 Å². The van der Waals surface area contributed by atoms with E-state index < -0.39 is 0 Å². The molecular weight excluding hydrogens is 348 g/mol. The highest BCUT2D eigenvalue weighted by atomic mass is 15.3. The Morgan fingerprint density at radius 1 is 1.25 bits per heavy atom. The third-order valence-corrected chi connectivity index (χ3v) is 5.56. The van der Waals surface area contributed by atoms with Crippen LogP contribution in [0.2, 0.25) is 0 Å². The molecule has 6 heteroatoms. The maximum atomic E-state index is 4.40. The minimum absolute atomic E-state index is 0.508. The van der Waals surface area contributed by atoms with Gasteiger partial charge in [-0.3, -0.25) is 14.6 Å². The molecule has 0 amide bonds. The highest BCUT2D eigenvalue weighted by Crippen LogP contribution is 2.17. The molecule has 3 rings (SSSR count). The Balaban J connectivity index is 1.50. The summed E-state index contributed by atoms with van der Waals surface area (Å²) in [5.41, 5.74) is 2.53. The van der Waals surface area contributed by atoms with Gasteiger partial charge in [0.2, 0.25) is 0 Å². The first-order valence-corrected chi connectivity index (χ1v) is 10.4. The van der Waals surface area contributed by atoms with E-state index >= 15 is 0 Å². The largest absolute Gasteiger partial charge is 0.355 e. The van der Waals surface area contributed by atoms with Crippen LogP contribution >= 0.6 is 0 Å².